The smallest absolute Gasteiger partial charge is 0.464 e. The molecule has 1 aromatic rings. The molecule has 18 heavy (non-hydrogen) atoms. The molecule has 0 saturated carbocycles. The topological polar surface area (TPSA) is 74.7 Å². The van der Waals surface area contributed by atoms with Crippen molar-refractivity contribution in [3.63, 3.8) is 0 Å². The van der Waals surface area contributed by atoms with Gasteiger partial charge in [0.25, 0.3) is 0 Å². The van der Waals surface area contributed by atoms with Gasteiger partial charge in [-0.25, -0.2) is 4.79 Å². The highest BCUT2D eigenvalue weighted by molar-refractivity contribution is 7.94. The first-order chi connectivity index (χ1) is 8.07. The Bertz CT molecular complexity index is 555. The summed E-state index contributed by atoms with van der Waals surface area (Å²) in [5, 5.41) is 8.73. The van der Waals surface area contributed by atoms with Crippen molar-refractivity contribution in [2.24, 2.45) is 0 Å². The van der Waals surface area contributed by atoms with Crippen molar-refractivity contribution in [3.8, 4) is 0 Å². The van der Waals surface area contributed by atoms with E-state index in [0.29, 0.717) is 0 Å². The van der Waals surface area contributed by atoms with E-state index in [0.717, 1.165) is 24.3 Å². The molecule has 10 heteroatoms. The number of halogens is 4. The van der Waals surface area contributed by atoms with Crippen LogP contribution < -0.4 is 4.31 Å². The van der Waals surface area contributed by atoms with Crippen LogP contribution in [0.15, 0.2) is 24.3 Å². The molecule has 100 valence electrons. The number of hydrogen-bond acceptors (Lipinski definition) is 3. The van der Waals surface area contributed by atoms with Gasteiger partial charge in [-0.1, -0.05) is 11.6 Å². The van der Waals surface area contributed by atoms with E-state index < -0.39 is 31.6 Å². The predicted molar refractivity (Wildman–Crippen MR) is 56.9 cm³/mol. The number of hydrogen-bond donors (Lipinski definition) is 1. The van der Waals surface area contributed by atoms with Gasteiger partial charge in [-0.3, -0.25) is 0 Å². The van der Waals surface area contributed by atoms with Crippen molar-refractivity contribution in [2.45, 2.75) is 5.51 Å². The van der Waals surface area contributed by atoms with E-state index in [-0.39, 0.29) is 5.02 Å². The molecule has 0 aliphatic heterocycles. The fraction of sp³-hybridized carbons (Fsp3) is 0.125. The van der Waals surface area contributed by atoms with E-state index in [2.05, 4.69) is 0 Å². The van der Waals surface area contributed by atoms with Gasteiger partial charge in [-0.15, -0.1) is 0 Å². The normalized spacial score (nSPS) is 12.2. The monoisotopic (exact) mass is 303 g/mol. The first-order valence-electron chi connectivity index (χ1n) is 4.17. The van der Waals surface area contributed by atoms with Crippen LogP contribution >= 0.6 is 11.6 Å². The maximum Gasteiger partial charge on any atom is 0.517 e. The summed E-state index contributed by atoms with van der Waals surface area (Å²) in [5.74, 6) is 0. The van der Waals surface area contributed by atoms with E-state index in [9.17, 15) is 26.4 Å². The van der Waals surface area contributed by atoms with E-state index in [1.54, 1.807) is 0 Å². The Kier molecular flexibility index (Phi) is 3.77. The number of alkyl halides is 3. The van der Waals surface area contributed by atoms with Crippen LogP contribution in [0.25, 0.3) is 0 Å². The van der Waals surface area contributed by atoms with Crippen molar-refractivity contribution in [1.29, 1.82) is 0 Å². The van der Waals surface area contributed by atoms with Gasteiger partial charge in [0.1, 0.15) is 0 Å². The third-order valence-corrected chi connectivity index (χ3v) is 3.45. The minimum atomic E-state index is -6.01. The Balaban J connectivity index is 3.37. The van der Waals surface area contributed by atoms with E-state index in [4.69, 9.17) is 16.7 Å². The minimum absolute atomic E-state index is 0.119. The molecule has 0 bridgehead atoms. The van der Waals surface area contributed by atoms with Crippen LogP contribution in [0.2, 0.25) is 5.02 Å². The van der Waals surface area contributed by atoms with Crippen molar-refractivity contribution in [1.82, 2.24) is 0 Å². The Morgan fingerprint density at radius 3 is 2.00 bits per heavy atom. The molecule has 1 N–H and O–H groups in total. The summed E-state index contributed by atoms with van der Waals surface area (Å²) in [6, 6.07) is 3.83. The third kappa shape index (κ3) is 2.67. The molecule has 0 fully saturated rings. The zero-order valence-corrected chi connectivity index (χ0v) is 9.92. The average molecular weight is 304 g/mol. The van der Waals surface area contributed by atoms with Crippen LogP contribution in [0.4, 0.5) is 23.7 Å². The van der Waals surface area contributed by atoms with Crippen LogP contribution in [0, 0.1) is 0 Å². The highest BCUT2D eigenvalue weighted by Crippen LogP contribution is 2.31. The van der Waals surface area contributed by atoms with Gasteiger partial charge < -0.3 is 5.11 Å². The first kappa shape index (κ1) is 14.6. The largest absolute Gasteiger partial charge is 0.517 e. The number of anilines is 1. The van der Waals surface area contributed by atoms with Gasteiger partial charge in [0.2, 0.25) is 0 Å². The lowest BCUT2D eigenvalue weighted by atomic mass is 10.3. The zero-order chi connectivity index (χ0) is 14.1. The summed E-state index contributed by atoms with van der Waals surface area (Å²) in [7, 11) is -6.01. The van der Waals surface area contributed by atoms with Gasteiger partial charge in [-0.05, 0) is 24.3 Å². The molecule has 1 aromatic carbocycles. The number of rotatable bonds is 2. The summed E-state index contributed by atoms with van der Waals surface area (Å²) in [6.45, 7) is 0. The van der Waals surface area contributed by atoms with Crippen LogP contribution in [0.5, 0.6) is 0 Å². The standard InChI is InChI=1S/C8H5ClF3NO4S/c9-5-1-3-6(4-2-5)13(7(14)15)18(16,17)8(10,11)12/h1-4H,(H,14,15). The maximum atomic E-state index is 12.3. The van der Waals surface area contributed by atoms with Gasteiger partial charge in [0.05, 0.1) is 5.69 Å². The molecular formula is C8H5ClF3NO4S. The molecule has 0 aliphatic carbocycles. The van der Waals surface area contributed by atoms with Crippen molar-refractivity contribution in [2.75, 3.05) is 4.31 Å². The van der Waals surface area contributed by atoms with Crippen molar-refractivity contribution in [3.05, 3.63) is 29.3 Å². The second kappa shape index (κ2) is 4.65. The number of amides is 1. The number of sulfonamides is 1. The number of benzene rings is 1. The van der Waals surface area contributed by atoms with Crippen molar-refractivity contribution < 1.29 is 31.5 Å². The molecular weight excluding hydrogens is 299 g/mol. The van der Waals surface area contributed by atoms with Crippen LogP contribution in [0.1, 0.15) is 0 Å². The van der Waals surface area contributed by atoms with Crippen LogP contribution in [0.3, 0.4) is 0 Å². The second-order valence-corrected chi connectivity index (χ2v) is 5.19. The lowest BCUT2D eigenvalue weighted by Gasteiger charge is -2.20. The Labute approximate surface area is 104 Å². The summed E-state index contributed by atoms with van der Waals surface area (Å²) < 4.78 is 58.2. The second-order valence-electron chi connectivity index (χ2n) is 2.97. The van der Waals surface area contributed by atoms with E-state index in [1.165, 1.54) is 0 Å². The fourth-order valence-electron chi connectivity index (χ4n) is 1.03. The first-order valence-corrected chi connectivity index (χ1v) is 5.99. The highest BCUT2D eigenvalue weighted by atomic mass is 35.5. The molecule has 0 aromatic heterocycles. The Hall–Kier alpha value is -1.48. The van der Waals surface area contributed by atoms with Gasteiger partial charge in [0.15, 0.2) is 0 Å². The van der Waals surface area contributed by atoms with E-state index in [1.807, 2.05) is 0 Å². The quantitative estimate of drug-likeness (QED) is 0.911. The predicted octanol–water partition coefficient (Wildman–Crippen LogP) is 2.67. The van der Waals surface area contributed by atoms with Gasteiger partial charge in [-0.2, -0.15) is 25.9 Å². The zero-order valence-electron chi connectivity index (χ0n) is 8.35. The molecule has 0 spiro atoms. The molecule has 0 saturated heterocycles. The lowest BCUT2D eigenvalue weighted by Crippen LogP contribution is -2.43. The van der Waals surface area contributed by atoms with E-state index >= 15 is 0 Å². The molecule has 1 amide bonds. The third-order valence-electron chi connectivity index (χ3n) is 1.77. The number of nitrogens with zero attached hydrogens (tertiary/aromatic N) is 1. The Morgan fingerprint density at radius 2 is 1.67 bits per heavy atom. The number of carbonyl (C=O) groups is 1. The summed E-state index contributed by atoms with van der Waals surface area (Å²) in [5.41, 5.74) is -6.39. The fourth-order valence-corrected chi connectivity index (χ4v) is 1.97. The van der Waals surface area contributed by atoms with Gasteiger partial charge >= 0.3 is 21.6 Å². The lowest BCUT2D eigenvalue weighted by molar-refractivity contribution is -0.0437. The number of carboxylic acid groups (broad SMARTS) is 1. The average Bonchev–Trinajstić information content (AvgIpc) is 2.18. The summed E-state index contributed by atoms with van der Waals surface area (Å²) >= 11 is 5.46. The Morgan fingerprint density at radius 1 is 1.22 bits per heavy atom. The summed E-state index contributed by atoms with van der Waals surface area (Å²) in [4.78, 5) is 10.7. The molecule has 0 aliphatic rings. The molecule has 1 rings (SSSR count). The van der Waals surface area contributed by atoms with Gasteiger partial charge in [0, 0.05) is 5.02 Å². The van der Waals surface area contributed by atoms with Crippen LogP contribution in [-0.4, -0.2) is 25.1 Å². The SMILES string of the molecule is O=C(O)N(c1ccc(Cl)cc1)S(=O)(=O)C(F)(F)F. The minimum Gasteiger partial charge on any atom is -0.464 e. The molecule has 0 heterocycles. The van der Waals surface area contributed by atoms with Crippen molar-refractivity contribution >= 4 is 33.4 Å². The molecule has 0 radical (unpaired) electrons. The molecule has 0 unspecified atom stereocenters. The van der Waals surface area contributed by atoms with Crippen LogP contribution in [-0.2, 0) is 10.0 Å². The summed E-state index contributed by atoms with van der Waals surface area (Å²) in [6.07, 6.45) is -2.27. The highest BCUT2D eigenvalue weighted by Gasteiger charge is 2.52. The molecule has 5 nitrogen and oxygen atoms in total. The maximum absolute atomic E-state index is 12.3. The molecule has 0 atom stereocenters.